The molecule has 5 nitrogen and oxygen atoms in total. The van der Waals surface area contributed by atoms with Crippen LogP contribution in [0, 0.1) is 13.8 Å². The quantitative estimate of drug-likeness (QED) is 0.935. The van der Waals surface area contributed by atoms with Crippen molar-refractivity contribution in [3.8, 4) is 11.5 Å². The van der Waals surface area contributed by atoms with Gasteiger partial charge in [-0.15, -0.1) is 0 Å². The van der Waals surface area contributed by atoms with E-state index in [1.54, 1.807) is 6.20 Å². The van der Waals surface area contributed by atoms with Gasteiger partial charge in [0.05, 0.1) is 13.1 Å². The Kier molecular flexibility index (Phi) is 4.03. The van der Waals surface area contributed by atoms with E-state index in [-0.39, 0.29) is 18.3 Å². The number of alkyl halides is 3. The lowest BCUT2D eigenvalue weighted by atomic mass is 10.1. The molecule has 0 unspecified atom stereocenters. The summed E-state index contributed by atoms with van der Waals surface area (Å²) in [6, 6.07) is 1.92. The number of aryl methyl sites for hydroxylation is 2. The SMILES string of the molecule is Cc1cnc(-c2noc(CNCC(F)(F)F)n2)c(C)c1. The Bertz CT molecular complexity index is 595. The van der Waals surface area contributed by atoms with Gasteiger partial charge in [0.25, 0.3) is 0 Å². The summed E-state index contributed by atoms with van der Waals surface area (Å²) in [7, 11) is 0. The summed E-state index contributed by atoms with van der Waals surface area (Å²) < 4.78 is 40.8. The highest BCUT2D eigenvalue weighted by atomic mass is 19.4. The molecule has 0 spiro atoms. The highest BCUT2D eigenvalue weighted by molar-refractivity contribution is 5.53. The second kappa shape index (κ2) is 5.58. The number of nitrogens with zero attached hydrogens (tertiary/aromatic N) is 3. The van der Waals surface area contributed by atoms with Crippen molar-refractivity contribution in [1.29, 1.82) is 0 Å². The van der Waals surface area contributed by atoms with Crippen LogP contribution in [-0.4, -0.2) is 27.8 Å². The van der Waals surface area contributed by atoms with Gasteiger partial charge in [0.2, 0.25) is 11.7 Å². The van der Waals surface area contributed by atoms with Gasteiger partial charge in [-0.2, -0.15) is 18.2 Å². The molecule has 20 heavy (non-hydrogen) atoms. The summed E-state index contributed by atoms with van der Waals surface area (Å²) >= 11 is 0. The van der Waals surface area contributed by atoms with Crippen molar-refractivity contribution in [1.82, 2.24) is 20.4 Å². The molecular weight excluding hydrogens is 273 g/mol. The fourth-order valence-electron chi connectivity index (χ4n) is 1.68. The number of hydrogen-bond donors (Lipinski definition) is 1. The van der Waals surface area contributed by atoms with Crippen LogP contribution in [0.3, 0.4) is 0 Å². The Morgan fingerprint density at radius 3 is 2.70 bits per heavy atom. The van der Waals surface area contributed by atoms with Gasteiger partial charge in [0.15, 0.2) is 0 Å². The van der Waals surface area contributed by atoms with Gasteiger partial charge in [0, 0.05) is 6.20 Å². The fraction of sp³-hybridized carbons (Fsp3) is 0.417. The van der Waals surface area contributed by atoms with Crippen molar-refractivity contribution in [3.05, 3.63) is 29.3 Å². The molecule has 0 aliphatic rings. The van der Waals surface area contributed by atoms with E-state index in [9.17, 15) is 13.2 Å². The molecule has 0 aliphatic carbocycles. The molecule has 0 amide bonds. The first-order valence-corrected chi connectivity index (χ1v) is 5.89. The Labute approximate surface area is 113 Å². The van der Waals surface area contributed by atoms with Crippen molar-refractivity contribution in [3.63, 3.8) is 0 Å². The van der Waals surface area contributed by atoms with E-state index in [4.69, 9.17) is 4.52 Å². The van der Waals surface area contributed by atoms with Crippen molar-refractivity contribution < 1.29 is 17.7 Å². The predicted octanol–water partition coefficient (Wildman–Crippen LogP) is 2.40. The zero-order chi connectivity index (χ0) is 14.8. The molecule has 8 heteroatoms. The molecule has 0 aromatic carbocycles. The molecule has 0 atom stereocenters. The van der Waals surface area contributed by atoms with Crippen LogP contribution in [0.1, 0.15) is 17.0 Å². The molecular formula is C12H13F3N4O. The van der Waals surface area contributed by atoms with Crippen LogP contribution in [0.15, 0.2) is 16.8 Å². The topological polar surface area (TPSA) is 63.8 Å². The van der Waals surface area contributed by atoms with Crippen LogP contribution in [0.5, 0.6) is 0 Å². The highest BCUT2D eigenvalue weighted by Gasteiger charge is 2.26. The molecule has 0 saturated carbocycles. The maximum Gasteiger partial charge on any atom is 0.401 e. The first-order valence-electron chi connectivity index (χ1n) is 5.89. The number of rotatable bonds is 4. The zero-order valence-corrected chi connectivity index (χ0v) is 11.0. The zero-order valence-electron chi connectivity index (χ0n) is 11.0. The molecule has 2 aromatic heterocycles. The second-order valence-electron chi connectivity index (χ2n) is 4.41. The lowest BCUT2D eigenvalue weighted by Crippen LogP contribution is -2.28. The smallest absolute Gasteiger partial charge is 0.337 e. The molecule has 1 N–H and O–H groups in total. The summed E-state index contributed by atoms with van der Waals surface area (Å²) in [4.78, 5) is 8.22. The molecule has 0 bridgehead atoms. The number of halogens is 3. The molecule has 108 valence electrons. The van der Waals surface area contributed by atoms with Gasteiger partial charge < -0.3 is 9.84 Å². The summed E-state index contributed by atoms with van der Waals surface area (Å²) in [6.45, 7) is 2.52. The van der Waals surface area contributed by atoms with Crippen molar-refractivity contribution >= 4 is 0 Å². The molecule has 2 aromatic rings. The molecule has 0 radical (unpaired) electrons. The minimum absolute atomic E-state index is 0.0889. The first-order chi connectivity index (χ1) is 9.35. The summed E-state index contributed by atoms with van der Waals surface area (Å²) in [5.74, 6) is 0.359. The Morgan fingerprint density at radius 1 is 1.30 bits per heavy atom. The van der Waals surface area contributed by atoms with Crippen molar-refractivity contribution in [2.75, 3.05) is 6.54 Å². The molecule has 0 aliphatic heterocycles. The fourth-order valence-corrected chi connectivity index (χ4v) is 1.68. The van der Waals surface area contributed by atoms with Crippen LogP contribution < -0.4 is 5.32 Å². The molecule has 2 heterocycles. The van der Waals surface area contributed by atoms with E-state index in [2.05, 4.69) is 20.4 Å². The van der Waals surface area contributed by atoms with Gasteiger partial charge in [-0.1, -0.05) is 11.2 Å². The summed E-state index contributed by atoms with van der Waals surface area (Å²) in [6.07, 6.45) is -2.60. The lowest BCUT2D eigenvalue weighted by Gasteiger charge is -2.05. The Balaban J connectivity index is 2.05. The average Bonchev–Trinajstić information content (AvgIpc) is 2.75. The summed E-state index contributed by atoms with van der Waals surface area (Å²) in [5.41, 5.74) is 2.43. The minimum atomic E-state index is -4.27. The van der Waals surface area contributed by atoms with E-state index < -0.39 is 12.7 Å². The third-order valence-corrected chi connectivity index (χ3v) is 2.50. The summed E-state index contributed by atoms with van der Waals surface area (Å²) in [5, 5.41) is 5.91. The largest absolute Gasteiger partial charge is 0.401 e. The average molecular weight is 286 g/mol. The van der Waals surface area contributed by atoms with Gasteiger partial charge in [-0.05, 0) is 25.0 Å². The minimum Gasteiger partial charge on any atom is -0.337 e. The molecule has 0 fully saturated rings. The van der Waals surface area contributed by atoms with Gasteiger partial charge >= 0.3 is 6.18 Å². The predicted molar refractivity (Wildman–Crippen MR) is 64.8 cm³/mol. The van der Waals surface area contributed by atoms with E-state index in [0.29, 0.717) is 5.69 Å². The monoisotopic (exact) mass is 286 g/mol. The van der Waals surface area contributed by atoms with Crippen LogP contribution in [0.25, 0.3) is 11.5 Å². The van der Waals surface area contributed by atoms with Gasteiger partial charge in [-0.25, -0.2) is 0 Å². The van der Waals surface area contributed by atoms with Crippen LogP contribution in [-0.2, 0) is 6.54 Å². The number of aromatic nitrogens is 3. The Morgan fingerprint density at radius 2 is 2.05 bits per heavy atom. The first kappa shape index (κ1) is 14.4. The number of hydrogen-bond acceptors (Lipinski definition) is 5. The van der Waals surface area contributed by atoms with E-state index >= 15 is 0 Å². The maximum absolute atomic E-state index is 12.0. The van der Waals surface area contributed by atoms with Crippen LogP contribution in [0.4, 0.5) is 13.2 Å². The van der Waals surface area contributed by atoms with E-state index in [1.807, 2.05) is 19.9 Å². The number of nitrogens with one attached hydrogen (secondary N) is 1. The maximum atomic E-state index is 12.0. The normalized spacial score (nSPS) is 11.8. The molecule has 0 saturated heterocycles. The van der Waals surface area contributed by atoms with Crippen LogP contribution in [0.2, 0.25) is 0 Å². The van der Waals surface area contributed by atoms with E-state index in [1.165, 1.54) is 0 Å². The van der Waals surface area contributed by atoms with Gasteiger partial charge in [-0.3, -0.25) is 4.98 Å². The standard InChI is InChI=1S/C12H13F3N4O/c1-7-3-8(2)10(17-4-7)11-18-9(20-19-11)5-16-6-12(13,14)15/h3-4,16H,5-6H2,1-2H3. The van der Waals surface area contributed by atoms with Crippen molar-refractivity contribution in [2.45, 2.75) is 26.6 Å². The van der Waals surface area contributed by atoms with E-state index in [0.717, 1.165) is 11.1 Å². The van der Waals surface area contributed by atoms with Crippen LogP contribution >= 0.6 is 0 Å². The highest BCUT2D eigenvalue weighted by Crippen LogP contribution is 2.18. The van der Waals surface area contributed by atoms with Crippen molar-refractivity contribution in [2.24, 2.45) is 0 Å². The Hall–Kier alpha value is -1.96. The third kappa shape index (κ3) is 3.77. The third-order valence-electron chi connectivity index (χ3n) is 2.50. The molecule has 2 rings (SSSR count). The number of pyridine rings is 1. The lowest BCUT2D eigenvalue weighted by molar-refractivity contribution is -0.125. The second-order valence-corrected chi connectivity index (χ2v) is 4.41. The van der Waals surface area contributed by atoms with Gasteiger partial charge in [0.1, 0.15) is 5.69 Å².